The minimum absolute atomic E-state index is 0.0370. The quantitative estimate of drug-likeness (QED) is 0.792. The molecule has 1 aliphatic rings. The fourth-order valence-corrected chi connectivity index (χ4v) is 2.77. The van der Waals surface area contributed by atoms with E-state index in [-0.39, 0.29) is 6.10 Å². The predicted molar refractivity (Wildman–Crippen MR) is 72.2 cm³/mol. The Morgan fingerprint density at radius 3 is 2.61 bits per heavy atom. The van der Waals surface area contributed by atoms with Crippen LogP contribution < -0.4 is 4.90 Å². The van der Waals surface area contributed by atoms with E-state index >= 15 is 0 Å². The Kier molecular flexibility index (Phi) is 4.14. The summed E-state index contributed by atoms with van der Waals surface area (Å²) >= 11 is 5.79. The Balaban J connectivity index is 2.14. The van der Waals surface area contributed by atoms with Gasteiger partial charge in [0.25, 0.3) is 0 Å². The fourth-order valence-electron chi connectivity index (χ4n) is 1.95. The molecule has 18 heavy (non-hydrogen) atoms. The Morgan fingerprint density at radius 2 is 2.06 bits per heavy atom. The second kappa shape index (κ2) is 5.47. The van der Waals surface area contributed by atoms with E-state index in [2.05, 4.69) is 4.90 Å². The molecule has 1 unspecified atom stereocenters. The highest BCUT2D eigenvalue weighted by atomic mass is 35.5. The summed E-state index contributed by atoms with van der Waals surface area (Å²) in [5, 5.41) is 0. The number of sulfone groups is 1. The molecule has 0 saturated carbocycles. The van der Waals surface area contributed by atoms with E-state index in [0.29, 0.717) is 17.4 Å². The fraction of sp³-hybridized carbons (Fsp3) is 0.500. The van der Waals surface area contributed by atoms with Crippen LogP contribution in [0.1, 0.15) is 0 Å². The molecule has 0 N–H and O–H groups in total. The zero-order valence-electron chi connectivity index (χ0n) is 10.2. The van der Waals surface area contributed by atoms with Crippen molar-refractivity contribution in [1.29, 1.82) is 0 Å². The lowest BCUT2D eigenvalue weighted by Gasteiger charge is -2.33. The lowest BCUT2D eigenvalue weighted by atomic mass is 10.2. The van der Waals surface area contributed by atoms with Gasteiger partial charge < -0.3 is 9.64 Å². The van der Waals surface area contributed by atoms with Gasteiger partial charge in [-0.3, -0.25) is 0 Å². The first kappa shape index (κ1) is 13.6. The summed E-state index contributed by atoms with van der Waals surface area (Å²) in [7, 11) is -3.13. The van der Waals surface area contributed by atoms with E-state index < -0.39 is 9.84 Å². The minimum atomic E-state index is -3.13. The maximum atomic E-state index is 11.4. The van der Waals surface area contributed by atoms with Crippen LogP contribution in [0.15, 0.2) is 29.2 Å². The van der Waals surface area contributed by atoms with Gasteiger partial charge in [-0.15, -0.1) is 11.6 Å². The maximum Gasteiger partial charge on any atom is 0.175 e. The first-order valence-corrected chi connectivity index (χ1v) is 8.16. The van der Waals surface area contributed by atoms with Crippen LogP contribution in [0.4, 0.5) is 5.69 Å². The molecule has 6 heteroatoms. The van der Waals surface area contributed by atoms with Crippen molar-refractivity contribution < 1.29 is 13.2 Å². The summed E-state index contributed by atoms with van der Waals surface area (Å²) < 4.78 is 28.2. The number of hydrogen-bond donors (Lipinski definition) is 0. The number of benzene rings is 1. The summed E-state index contributed by atoms with van der Waals surface area (Å²) in [6.45, 7) is 2.18. The van der Waals surface area contributed by atoms with Gasteiger partial charge >= 0.3 is 0 Å². The summed E-state index contributed by atoms with van der Waals surface area (Å²) in [6.07, 6.45) is 1.25. The van der Waals surface area contributed by atoms with Crippen LogP contribution in [-0.2, 0) is 14.6 Å². The van der Waals surface area contributed by atoms with Gasteiger partial charge in [0.15, 0.2) is 9.84 Å². The maximum absolute atomic E-state index is 11.4. The van der Waals surface area contributed by atoms with Crippen LogP contribution in [0, 0.1) is 0 Å². The van der Waals surface area contributed by atoms with Crippen molar-refractivity contribution in [3.05, 3.63) is 24.3 Å². The predicted octanol–water partition coefficient (Wildman–Crippen LogP) is 1.53. The standard InChI is InChI=1S/C12H16ClNO3S/c1-18(15,16)12-4-2-10(3-5-12)14-6-7-17-11(8-13)9-14/h2-5,11H,6-9H2,1H3. The highest BCUT2D eigenvalue weighted by Crippen LogP contribution is 2.20. The summed E-state index contributed by atoms with van der Waals surface area (Å²) in [6, 6.07) is 6.92. The molecule has 0 amide bonds. The molecule has 1 saturated heterocycles. The molecule has 1 aliphatic heterocycles. The molecule has 1 heterocycles. The Bertz CT molecular complexity index is 501. The number of rotatable bonds is 3. The molecule has 0 aromatic heterocycles. The molecule has 0 radical (unpaired) electrons. The molecular formula is C12H16ClNO3S. The van der Waals surface area contributed by atoms with Crippen molar-refractivity contribution in [3.63, 3.8) is 0 Å². The van der Waals surface area contributed by atoms with Crippen LogP contribution in [0.3, 0.4) is 0 Å². The van der Waals surface area contributed by atoms with E-state index in [1.807, 2.05) is 12.1 Å². The summed E-state index contributed by atoms with van der Waals surface area (Å²) in [5.74, 6) is 0.470. The van der Waals surface area contributed by atoms with Crippen molar-refractivity contribution >= 4 is 27.1 Å². The lowest BCUT2D eigenvalue weighted by molar-refractivity contribution is 0.0554. The van der Waals surface area contributed by atoms with Gasteiger partial charge in [0.05, 0.1) is 23.5 Å². The molecule has 100 valence electrons. The first-order chi connectivity index (χ1) is 8.50. The average molecular weight is 290 g/mol. The molecule has 2 rings (SSSR count). The minimum Gasteiger partial charge on any atom is -0.373 e. The zero-order chi connectivity index (χ0) is 13.2. The monoisotopic (exact) mass is 289 g/mol. The van der Waals surface area contributed by atoms with Crippen LogP contribution in [0.25, 0.3) is 0 Å². The molecule has 1 atom stereocenters. The number of alkyl halides is 1. The number of morpholine rings is 1. The largest absolute Gasteiger partial charge is 0.373 e. The third kappa shape index (κ3) is 3.16. The smallest absolute Gasteiger partial charge is 0.175 e. The molecule has 0 aliphatic carbocycles. The molecule has 4 nitrogen and oxygen atoms in total. The van der Waals surface area contributed by atoms with Crippen LogP contribution >= 0.6 is 11.6 Å². The number of anilines is 1. The van der Waals surface area contributed by atoms with Gasteiger partial charge in [-0.25, -0.2) is 8.42 Å². The molecule has 1 aromatic rings. The average Bonchev–Trinajstić information content (AvgIpc) is 2.38. The molecular weight excluding hydrogens is 274 g/mol. The summed E-state index contributed by atoms with van der Waals surface area (Å²) in [5.41, 5.74) is 1.00. The number of ether oxygens (including phenoxy) is 1. The van der Waals surface area contributed by atoms with Crippen molar-refractivity contribution in [2.24, 2.45) is 0 Å². The van der Waals surface area contributed by atoms with E-state index in [9.17, 15) is 8.42 Å². The third-order valence-corrected chi connectivity index (χ3v) is 4.41. The molecule has 0 bridgehead atoms. The number of nitrogens with zero attached hydrogens (tertiary/aromatic N) is 1. The van der Waals surface area contributed by atoms with Crippen molar-refractivity contribution in [2.75, 3.05) is 36.7 Å². The van der Waals surface area contributed by atoms with E-state index in [4.69, 9.17) is 16.3 Å². The van der Waals surface area contributed by atoms with E-state index in [1.165, 1.54) is 6.26 Å². The highest BCUT2D eigenvalue weighted by Gasteiger charge is 2.20. The third-order valence-electron chi connectivity index (χ3n) is 2.94. The van der Waals surface area contributed by atoms with E-state index in [0.717, 1.165) is 18.8 Å². The zero-order valence-corrected chi connectivity index (χ0v) is 11.7. The Labute approximate surface area is 112 Å². The van der Waals surface area contributed by atoms with Gasteiger partial charge in [-0.05, 0) is 24.3 Å². The van der Waals surface area contributed by atoms with Gasteiger partial charge in [-0.1, -0.05) is 0 Å². The lowest BCUT2D eigenvalue weighted by Crippen LogP contribution is -2.43. The number of hydrogen-bond acceptors (Lipinski definition) is 4. The second-order valence-electron chi connectivity index (χ2n) is 4.36. The first-order valence-electron chi connectivity index (χ1n) is 5.73. The Morgan fingerprint density at radius 1 is 1.39 bits per heavy atom. The Hall–Kier alpha value is -0.780. The van der Waals surface area contributed by atoms with Crippen LogP contribution in [0.5, 0.6) is 0 Å². The molecule has 1 aromatic carbocycles. The SMILES string of the molecule is CS(=O)(=O)c1ccc(N2CCOC(CCl)C2)cc1. The summed E-state index contributed by atoms with van der Waals surface area (Å²) in [4.78, 5) is 2.50. The van der Waals surface area contributed by atoms with Crippen molar-refractivity contribution in [3.8, 4) is 0 Å². The number of halogens is 1. The van der Waals surface area contributed by atoms with Gasteiger partial charge in [-0.2, -0.15) is 0 Å². The van der Waals surface area contributed by atoms with E-state index in [1.54, 1.807) is 12.1 Å². The van der Waals surface area contributed by atoms with Gasteiger partial charge in [0.1, 0.15) is 0 Å². The second-order valence-corrected chi connectivity index (χ2v) is 6.68. The highest BCUT2D eigenvalue weighted by molar-refractivity contribution is 7.90. The van der Waals surface area contributed by atoms with Crippen LogP contribution in [-0.4, -0.2) is 46.4 Å². The molecule has 0 spiro atoms. The molecule has 1 fully saturated rings. The van der Waals surface area contributed by atoms with Gasteiger partial charge in [0.2, 0.25) is 0 Å². The normalized spacial score (nSPS) is 21.0. The van der Waals surface area contributed by atoms with Gasteiger partial charge in [0, 0.05) is 25.0 Å². The van der Waals surface area contributed by atoms with Crippen LogP contribution in [0.2, 0.25) is 0 Å². The van der Waals surface area contributed by atoms with Crippen molar-refractivity contribution in [2.45, 2.75) is 11.0 Å². The topological polar surface area (TPSA) is 46.6 Å². The van der Waals surface area contributed by atoms with Crippen molar-refractivity contribution in [1.82, 2.24) is 0 Å².